The van der Waals surface area contributed by atoms with Crippen molar-refractivity contribution in [2.75, 3.05) is 4.90 Å². The van der Waals surface area contributed by atoms with Crippen molar-refractivity contribution in [2.24, 2.45) is 5.41 Å². The van der Waals surface area contributed by atoms with Crippen LogP contribution in [0.4, 0.5) is 17.1 Å². The van der Waals surface area contributed by atoms with E-state index in [9.17, 15) is 0 Å². The number of fused-ring (bicyclic) bond motifs is 7. The van der Waals surface area contributed by atoms with Gasteiger partial charge >= 0.3 is 0 Å². The molecule has 2 fully saturated rings. The van der Waals surface area contributed by atoms with Crippen LogP contribution in [0.1, 0.15) is 55.1 Å². The van der Waals surface area contributed by atoms with Crippen molar-refractivity contribution in [2.45, 2.75) is 43.9 Å². The van der Waals surface area contributed by atoms with E-state index in [0.717, 1.165) is 28.9 Å². The summed E-state index contributed by atoms with van der Waals surface area (Å²) in [5.41, 5.74) is 13.6. The molecule has 10 rings (SSSR count). The molecule has 1 spiro atoms. The molecule has 3 atom stereocenters. The molecule has 7 aromatic rings. The second-order valence-corrected chi connectivity index (χ2v) is 13.9. The number of para-hydroxylation sites is 4. The normalized spacial score (nSPS) is 21.1. The molecule has 0 aliphatic heterocycles. The highest BCUT2D eigenvalue weighted by Crippen LogP contribution is 2.69. The second-order valence-electron chi connectivity index (χ2n) is 13.9. The molecule has 0 radical (unpaired) electrons. The van der Waals surface area contributed by atoms with E-state index in [1.807, 2.05) is 0 Å². The van der Waals surface area contributed by atoms with Crippen LogP contribution in [0.3, 0.4) is 0 Å². The van der Waals surface area contributed by atoms with E-state index in [-0.39, 0.29) is 0 Å². The molecule has 222 valence electrons. The molecular formula is C44H36N2. The minimum atomic E-state index is 0.587. The third-order valence-electron chi connectivity index (χ3n) is 11.6. The Labute approximate surface area is 270 Å². The van der Waals surface area contributed by atoms with E-state index in [1.165, 1.54) is 70.7 Å². The van der Waals surface area contributed by atoms with Crippen LogP contribution < -0.4 is 4.90 Å². The fourth-order valence-electron chi connectivity index (χ4n) is 9.40. The summed E-state index contributed by atoms with van der Waals surface area (Å²) in [6.07, 6.45) is 6.99. The third kappa shape index (κ3) is 3.83. The molecule has 0 saturated heterocycles. The molecule has 3 aliphatic carbocycles. The van der Waals surface area contributed by atoms with E-state index < -0.39 is 0 Å². The Morgan fingerprint density at radius 1 is 0.522 bits per heavy atom. The maximum atomic E-state index is 2.58. The van der Waals surface area contributed by atoms with Crippen LogP contribution >= 0.6 is 0 Å². The number of hydrogen-bond acceptors (Lipinski definition) is 1. The first-order chi connectivity index (χ1) is 22.8. The van der Waals surface area contributed by atoms with Gasteiger partial charge in [-0.05, 0) is 126 Å². The lowest BCUT2D eigenvalue weighted by Crippen LogP contribution is -2.38. The summed E-state index contributed by atoms with van der Waals surface area (Å²) < 4.78 is 2.46. The molecule has 0 N–H and O–H groups in total. The average Bonchev–Trinajstić information content (AvgIpc) is 3.69. The summed E-state index contributed by atoms with van der Waals surface area (Å²) in [6.45, 7) is 0. The lowest BCUT2D eigenvalue weighted by atomic mass is 9.53. The van der Waals surface area contributed by atoms with Gasteiger partial charge in [-0.1, -0.05) is 91.0 Å². The Kier molecular flexibility index (Phi) is 5.67. The van der Waals surface area contributed by atoms with Crippen LogP contribution in [0.2, 0.25) is 0 Å². The maximum Gasteiger partial charge on any atom is 0.0541 e. The van der Waals surface area contributed by atoms with Crippen molar-refractivity contribution in [1.82, 2.24) is 4.57 Å². The molecule has 2 bridgehead atoms. The van der Waals surface area contributed by atoms with Gasteiger partial charge in [0.05, 0.1) is 11.0 Å². The van der Waals surface area contributed by atoms with Gasteiger partial charge in [0.2, 0.25) is 0 Å². The van der Waals surface area contributed by atoms with Crippen molar-refractivity contribution in [1.29, 1.82) is 0 Å². The molecule has 2 saturated carbocycles. The molecule has 2 nitrogen and oxygen atoms in total. The number of nitrogens with zero attached hydrogens (tertiary/aromatic N) is 2. The van der Waals surface area contributed by atoms with Crippen molar-refractivity contribution in [3.05, 3.63) is 157 Å². The van der Waals surface area contributed by atoms with Gasteiger partial charge in [-0.2, -0.15) is 0 Å². The minimum absolute atomic E-state index is 0.587. The van der Waals surface area contributed by atoms with Gasteiger partial charge in [0.25, 0.3) is 0 Å². The number of anilines is 3. The van der Waals surface area contributed by atoms with Crippen LogP contribution in [-0.2, 0) is 0 Å². The van der Waals surface area contributed by atoms with Crippen LogP contribution in [0.5, 0.6) is 0 Å². The zero-order valence-electron chi connectivity index (χ0n) is 25.9. The summed E-state index contributed by atoms with van der Waals surface area (Å²) >= 11 is 0. The Balaban J connectivity index is 1.24. The van der Waals surface area contributed by atoms with Crippen molar-refractivity contribution in [3.8, 4) is 16.8 Å². The van der Waals surface area contributed by atoms with Gasteiger partial charge in [0.15, 0.2) is 0 Å². The third-order valence-corrected chi connectivity index (χ3v) is 11.6. The lowest BCUT2D eigenvalue weighted by molar-refractivity contribution is 0.0879. The van der Waals surface area contributed by atoms with Gasteiger partial charge in [-0.15, -0.1) is 0 Å². The number of hydrogen-bond donors (Lipinski definition) is 0. The van der Waals surface area contributed by atoms with Crippen LogP contribution in [0.25, 0.3) is 38.6 Å². The van der Waals surface area contributed by atoms with Crippen LogP contribution in [-0.4, -0.2) is 4.57 Å². The van der Waals surface area contributed by atoms with Gasteiger partial charge in [-0.25, -0.2) is 0 Å². The monoisotopic (exact) mass is 592 g/mol. The molecular weight excluding hydrogens is 556 g/mol. The number of aromatic nitrogens is 1. The zero-order valence-corrected chi connectivity index (χ0v) is 25.9. The SMILES string of the molecule is c1ccc(N(c2ccccc2)c2cc(-c3ccc4c(c3)C3CCC35CCC4C5)cc(-n3c4ccccc4c4ccccc43)c2)cc1. The van der Waals surface area contributed by atoms with Crippen molar-refractivity contribution >= 4 is 38.9 Å². The highest BCUT2D eigenvalue weighted by Gasteiger charge is 2.55. The van der Waals surface area contributed by atoms with Crippen molar-refractivity contribution < 1.29 is 0 Å². The van der Waals surface area contributed by atoms with Crippen LogP contribution in [0.15, 0.2) is 146 Å². The van der Waals surface area contributed by atoms with Gasteiger partial charge in [0, 0.05) is 33.5 Å². The summed E-state index contributed by atoms with van der Waals surface area (Å²) in [7, 11) is 0. The van der Waals surface area contributed by atoms with Crippen LogP contribution in [0, 0.1) is 5.41 Å². The standard InChI is InChI=1S/C44H36N2/c1-3-11-33(12-4-1)45(34-13-5-2-6-14-34)35-25-32(30-19-20-37-31-21-23-44(29-31)24-22-41(44)40(37)27-30)26-36(28-35)46-42-17-9-7-15-38(42)39-16-8-10-18-43(39)46/h1-20,25-28,31,41H,21-24,29H2. The molecule has 3 unspecified atom stereocenters. The minimum Gasteiger partial charge on any atom is -0.310 e. The maximum absolute atomic E-state index is 2.58. The van der Waals surface area contributed by atoms with E-state index >= 15 is 0 Å². The zero-order chi connectivity index (χ0) is 30.2. The van der Waals surface area contributed by atoms with Gasteiger partial charge in [0.1, 0.15) is 0 Å². The van der Waals surface area contributed by atoms with E-state index in [4.69, 9.17) is 0 Å². The highest BCUT2D eigenvalue weighted by molar-refractivity contribution is 6.09. The predicted octanol–water partition coefficient (Wildman–Crippen LogP) is 12.1. The Morgan fingerprint density at radius 2 is 1.15 bits per heavy atom. The molecule has 0 amide bonds. The first-order valence-electron chi connectivity index (χ1n) is 16.9. The van der Waals surface area contributed by atoms with Gasteiger partial charge in [-0.3, -0.25) is 0 Å². The molecule has 6 aromatic carbocycles. The fourth-order valence-corrected chi connectivity index (χ4v) is 9.40. The quantitative estimate of drug-likeness (QED) is 0.193. The number of benzene rings is 6. The first-order valence-corrected chi connectivity index (χ1v) is 16.9. The number of rotatable bonds is 5. The van der Waals surface area contributed by atoms with E-state index in [2.05, 4.69) is 155 Å². The van der Waals surface area contributed by atoms with E-state index in [0.29, 0.717) is 5.41 Å². The average molecular weight is 593 g/mol. The Hall–Kier alpha value is -5.08. The summed E-state index contributed by atoms with van der Waals surface area (Å²) in [6, 6.07) is 53.9. The van der Waals surface area contributed by atoms with Gasteiger partial charge < -0.3 is 9.47 Å². The summed E-state index contributed by atoms with van der Waals surface area (Å²) in [5, 5.41) is 2.57. The predicted molar refractivity (Wildman–Crippen MR) is 192 cm³/mol. The molecule has 1 aromatic heterocycles. The molecule has 46 heavy (non-hydrogen) atoms. The molecule has 3 aliphatic rings. The lowest BCUT2D eigenvalue weighted by Gasteiger charge is -2.51. The highest BCUT2D eigenvalue weighted by atomic mass is 15.1. The fraction of sp³-hybridized carbons (Fsp3) is 0.182. The first kappa shape index (κ1) is 26.2. The smallest absolute Gasteiger partial charge is 0.0541 e. The largest absolute Gasteiger partial charge is 0.310 e. The summed E-state index contributed by atoms with van der Waals surface area (Å²) in [4.78, 5) is 2.40. The molecule has 2 heteroatoms. The second kappa shape index (κ2) is 9.96. The topological polar surface area (TPSA) is 8.17 Å². The summed E-state index contributed by atoms with van der Waals surface area (Å²) in [5.74, 6) is 1.50. The van der Waals surface area contributed by atoms with Crippen molar-refractivity contribution in [3.63, 3.8) is 0 Å². The Bertz CT molecular complexity index is 2170. The van der Waals surface area contributed by atoms with E-state index in [1.54, 1.807) is 11.1 Å². The molecule has 1 heterocycles. The Morgan fingerprint density at radius 3 is 1.80 bits per heavy atom.